The van der Waals surface area contributed by atoms with Gasteiger partial charge in [-0.25, -0.2) is 0 Å². The van der Waals surface area contributed by atoms with Gasteiger partial charge in [0.05, 0.1) is 11.5 Å². The van der Waals surface area contributed by atoms with Gasteiger partial charge in [0.2, 0.25) is 5.91 Å². The zero-order chi connectivity index (χ0) is 20.8. The van der Waals surface area contributed by atoms with Gasteiger partial charge in [-0.2, -0.15) is 5.10 Å². The largest absolute Gasteiger partial charge is 0.455 e. The summed E-state index contributed by atoms with van der Waals surface area (Å²) >= 11 is 1.43. The van der Waals surface area contributed by atoms with Gasteiger partial charge in [-0.3, -0.25) is 9.69 Å². The van der Waals surface area contributed by atoms with E-state index in [4.69, 9.17) is 4.42 Å². The zero-order valence-corrected chi connectivity index (χ0v) is 17.2. The number of carbonyl (C=O) groups is 1. The Morgan fingerprint density at radius 1 is 1.03 bits per heavy atom. The number of carbonyl (C=O) groups excluding carboxylic acids is 1. The summed E-state index contributed by atoms with van der Waals surface area (Å²) < 4.78 is 5.81. The molecule has 1 atom stereocenters. The summed E-state index contributed by atoms with van der Waals surface area (Å²) in [5, 5.41) is 8.81. The summed E-state index contributed by atoms with van der Waals surface area (Å²) in [5.41, 5.74) is 2.12. The summed E-state index contributed by atoms with van der Waals surface area (Å²) in [6.07, 6.45) is 3.90. The van der Waals surface area contributed by atoms with Crippen LogP contribution in [0.3, 0.4) is 0 Å². The van der Waals surface area contributed by atoms with Gasteiger partial charge in [0.15, 0.2) is 5.17 Å². The van der Waals surface area contributed by atoms with E-state index < -0.39 is 0 Å². The molecule has 0 N–H and O–H groups in total. The van der Waals surface area contributed by atoms with Crippen LogP contribution in [0.2, 0.25) is 0 Å². The first-order valence-electron chi connectivity index (χ1n) is 9.64. The first kappa shape index (κ1) is 19.9. The quantitative estimate of drug-likeness (QED) is 0.310. The second kappa shape index (κ2) is 9.41. The van der Waals surface area contributed by atoms with Crippen LogP contribution in [0.15, 0.2) is 100 Å². The highest BCUT2D eigenvalue weighted by atomic mass is 32.2. The fourth-order valence-electron chi connectivity index (χ4n) is 3.16. The van der Waals surface area contributed by atoms with E-state index in [1.165, 1.54) is 11.8 Å². The highest BCUT2D eigenvalue weighted by Crippen LogP contribution is 2.30. The molecule has 1 aliphatic heterocycles. The van der Waals surface area contributed by atoms with Gasteiger partial charge < -0.3 is 4.42 Å². The maximum atomic E-state index is 12.8. The van der Waals surface area contributed by atoms with Crippen molar-refractivity contribution >= 4 is 29.1 Å². The monoisotopic (exact) mass is 415 g/mol. The molecule has 0 spiro atoms. The van der Waals surface area contributed by atoms with Crippen LogP contribution in [0, 0.1) is 0 Å². The van der Waals surface area contributed by atoms with Crippen LogP contribution in [0.25, 0.3) is 11.3 Å². The number of thioether (sulfide) groups is 1. The highest BCUT2D eigenvalue weighted by molar-refractivity contribution is 8.15. The second-order valence-electron chi connectivity index (χ2n) is 6.73. The summed E-state index contributed by atoms with van der Waals surface area (Å²) in [5.74, 6) is 1.40. The number of amidine groups is 1. The smallest absolute Gasteiger partial charge is 0.242 e. The van der Waals surface area contributed by atoms with Crippen LogP contribution < -0.4 is 0 Å². The number of amides is 1. The fourth-order valence-corrected chi connectivity index (χ4v) is 4.30. The lowest BCUT2D eigenvalue weighted by Gasteiger charge is -2.12. The van der Waals surface area contributed by atoms with Gasteiger partial charge in [0.1, 0.15) is 11.5 Å². The minimum Gasteiger partial charge on any atom is -0.455 e. The Hall–Kier alpha value is -3.38. The van der Waals surface area contributed by atoms with Crippen molar-refractivity contribution in [3.8, 4) is 11.3 Å². The molecule has 150 valence electrons. The molecule has 0 bridgehead atoms. The van der Waals surface area contributed by atoms with Crippen molar-refractivity contribution in [2.45, 2.75) is 11.7 Å². The molecule has 2 heterocycles. The van der Waals surface area contributed by atoms with Gasteiger partial charge in [-0.05, 0) is 24.1 Å². The molecule has 1 fully saturated rings. The molecular weight excluding hydrogens is 394 g/mol. The zero-order valence-electron chi connectivity index (χ0n) is 16.3. The highest BCUT2D eigenvalue weighted by Gasteiger charge is 2.37. The van der Waals surface area contributed by atoms with Crippen LogP contribution in [0.1, 0.15) is 11.3 Å². The predicted octanol–water partition coefficient (Wildman–Crippen LogP) is 5.01. The Morgan fingerprint density at radius 2 is 1.77 bits per heavy atom. The number of hydrogen-bond donors (Lipinski definition) is 0. The van der Waals surface area contributed by atoms with Crippen LogP contribution in [0.4, 0.5) is 0 Å². The van der Waals surface area contributed by atoms with Crippen LogP contribution in [-0.4, -0.2) is 34.0 Å². The predicted molar refractivity (Wildman–Crippen MR) is 123 cm³/mol. The van der Waals surface area contributed by atoms with Crippen LogP contribution in [-0.2, 0) is 11.2 Å². The molecule has 1 saturated heterocycles. The topological polar surface area (TPSA) is 58.2 Å². The summed E-state index contributed by atoms with van der Waals surface area (Å²) in [6.45, 7) is 4.16. The number of furan rings is 1. The molecule has 30 heavy (non-hydrogen) atoms. The third-order valence-electron chi connectivity index (χ3n) is 4.61. The lowest BCUT2D eigenvalue weighted by molar-refractivity contribution is -0.125. The normalized spacial score (nSPS) is 17.9. The van der Waals surface area contributed by atoms with E-state index >= 15 is 0 Å². The van der Waals surface area contributed by atoms with E-state index in [-0.39, 0.29) is 11.2 Å². The Balaban J connectivity index is 1.48. The van der Waals surface area contributed by atoms with Crippen molar-refractivity contribution in [2.24, 2.45) is 10.2 Å². The number of hydrogen-bond acceptors (Lipinski definition) is 5. The van der Waals surface area contributed by atoms with Gasteiger partial charge in [0, 0.05) is 12.1 Å². The Morgan fingerprint density at radius 3 is 2.50 bits per heavy atom. The number of rotatable bonds is 7. The molecule has 0 aliphatic carbocycles. The molecule has 1 amide bonds. The maximum absolute atomic E-state index is 12.8. The molecule has 1 aromatic heterocycles. The third kappa shape index (κ3) is 4.60. The lowest BCUT2D eigenvalue weighted by Crippen LogP contribution is -2.32. The SMILES string of the molecule is C=CCN1C(=O)C(Cc2ccccc2)S/C1=N\N=C\c1ccc(-c2ccccc2)o1. The molecule has 5 nitrogen and oxygen atoms in total. The Kier molecular flexibility index (Phi) is 6.25. The van der Waals surface area contributed by atoms with Crippen molar-refractivity contribution in [3.05, 3.63) is 96.8 Å². The van der Waals surface area contributed by atoms with Gasteiger partial charge in [-0.1, -0.05) is 78.5 Å². The van der Waals surface area contributed by atoms with Crippen molar-refractivity contribution < 1.29 is 9.21 Å². The Bertz CT molecular complexity index is 1070. The molecule has 1 aliphatic rings. The van der Waals surface area contributed by atoms with E-state index in [1.54, 1.807) is 17.2 Å². The fraction of sp³-hybridized carbons (Fsp3) is 0.125. The Labute approximate surface area is 179 Å². The van der Waals surface area contributed by atoms with Crippen molar-refractivity contribution in [1.29, 1.82) is 0 Å². The van der Waals surface area contributed by atoms with Crippen molar-refractivity contribution in [2.75, 3.05) is 6.54 Å². The summed E-state index contributed by atoms with van der Waals surface area (Å²) in [7, 11) is 0. The van der Waals surface area contributed by atoms with Crippen LogP contribution >= 0.6 is 11.8 Å². The number of nitrogens with zero attached hydrogens (tertiary/aromatic N) is 3. The summed E-state index contributed by atoms with van der Waals surface area (Å²) in [6, 6.07) is 23.6. The molecule has 2 aromatic carbocycles. The minimum absolute atomic E-state index is 0.0297. The van der Waals surface area contributed by atoms with Crippen molar-refractivity contribution in [3.63, 3.8) is 0 Å². The molecule has 6 heteroatoms. The first-order valence-corrected chi connectivity index (χ1v) is 10.5. The van der Waals surface area contributed by atoms with Gasteiger partial charge >= 0.3 is 0 Å². The standard InChI is InChI=1S/C24H21N3O2S/c1-2-15-27-23(28)22(16-18-9-5-3-6-10-18)30-24(27)26-25-17-20-13-14-21(29-20)19-11-7-4-8-12-19/h2-14,17,22H,1,15-16H2/b25-17+,26-24-. The lowest BCUT2D eigenvalue weighted by atomic mass is 10.1. The number of benzene rings is 2. The van der Waals surface area contributed by atoms with E-state index in [2.05, 4.69) is 16.8 Å². The van der Waals surface area contributed by atoms with Gasteiger partial charge in [-0.15, -0.1) is 11.7 Å². The minimum atomic E-state index is -0.213. The second-order valence-corrected chi connectivity index (χ2v) is 7.90. The van der Waals surface area contributed by atoms with Crippen molar-refractivity contribution in [1.82, 2.24) is 4.90 Å². The average Bonchev–Trinajstić information content (AvgIpc) is 3.36. The maximum Gasteiger partial charge on any atom is 0.242 e. The van der Waals surface area contributed by atoms with Crippen LogP contribution in [0.5, 0.6) is 0 Å². The summed E-state index contributed by atoms with van der Waals surface area (Å²) in [4.78, 5) is 14.4. The molecule has 1 unspecified atom stereocenters. The molecule has 4 rings (SSSR count). The molecule has 3 aromatic rings. The van der Waals surface area contributed by atoms with E-state index in [0.717, 1.165) is 16.9 Å². The average molecular weight is 416 g/mol. The third-order valence-corrected chi connectivity index (χ3v) is 5.77. The van der Waals surface area contributed by atoms with E-state index in [9.17, 15) is 4.79 Å². The molecular formula is C24H21N3O2S. The van der Waals surface area contributed by atoms with Gasteiger partial charge in [0.25, 0.3) is 0 Å². The van der Waals surface area contributed by atoms with E-state index in [0.29, 0.717) is 23.9 Å². The first-order chi connectivity index (χ1) is 14.7. The molecule has 0 saturated carbocycles. The molecule has 0 radical (unpaired) electrons. The van der Waals surface area contributed by atoms with E-state index in [1.807, 2.05) is 72.8 Å².